The predicted octanol–water partition coefficient (Wildman–Crippen LogP) is 1.01. The number of aliphatic hydroxyl groups excluding tert-OH is 1. The molecule has 0 rings (SSSR count). The fraction of sp³-hybridized carbons (Fsp3) is 0.500. The summed E-state index contributed by atoms with van der Waals surface area (Å²) in [5.41, 5.74) is 0. The number of ether oxygens (including phenoxy) is 1. The SMILES string of the molecule is CCO/C(O)=C/C(C)=O. The first-order chi connectivity index (χ1) is 4.16. The molecule has 0 saturated carbocycles. The third-order valence-electron chi connectivity index (χ3n) is 0.619. The molecule has 0 aliphatic heterocycles. The zero-order valence-corrected chi connectivity index (χ0v) is 5.55. The van der Waals surface area contributed by atoms with Crippen LogP contribution >= 0.6 is 0 Å². The van der Waals surface area contributed by atoms with Gasteiger partial charge in [-0.3, -0.25) is 4.79 Å². The van der Waals surface area contributed by atoms with Crippen molar-refractivity contribution in [3.05, 3.63) is 12.0 Å². The second-order valence-corrected chi connectivity index (χ2v) is 1.53. The number of allylic oxidation sites excluding steroid dienone is 1. The Kier molecular flexibility index (Phi) is 3.51. The van der Waals surface area contributed by atoms with E-state index in [0.29, 0.717) is 6.61 Å². The number of carbonyl (C=O) groups is 1. The van der Waals surface area contributed by atoms with Crippen LogP contribution in [-0.4, -0.2) is 17.5 Å². The van der Waals surface area contributed by atoms with Crippen molar-refractivity contribution in [2.45, 2.75) is 13.8 Å². The van der Waals surface area contributed by atoms with Crippen molar-refractivity contribution < 1.29 is 14.6 Å². The Morgan fingerprint density at radius 1 is 1.78 bits per heavy atom. The first-order valence-corrected chi connectivity index (χ1v) is 2.70. The van der Waals surface area contributed by atoms with Crippen molar-refractivity contribution in [3.63, 3.8) is 0 Å². The van der Waals surface area contributed by atoms with Gasteiger partial charge in [0, 0.05) is 0 Å². The summed E-state index contributed by atoms with van der Waals surface area (Å²) < 4.78 is 4.55. The van der Waals surface area contributed by atoms with E-state index >= 15 is 0 Å². The van der Waals surface area contributed by atoms with Crippen LogP contribution in [0.15, 0.2) is 12.0 Å². The van der Waals surface area contributed by atoms with Gasteiger partial charge in [0.1, 0.15) is 0 Å². The molecular weight excluding hydrogens is 120 g/mol. The van der Waals surface area contributed by atoms with Crippen molar-refractivity contribution in [3.8, 4) is 0 Å². The van der Waals surface area contributed by atoms with Crippen LogP contribution in [0.5, 0.6) is 0 Å². The van der Waals surface area contributed by atoms with Gasteiger partial charge in [0.15, 0.2) is 5.78 Å². The molecule has 0 aromatic heterocycles. The molecular formula is C6H10O3. The minimum Gasteiger partial charge on any atom is -0.481 e. The van der Waals surface area contributed by atoms with E-state index < -0.39 is 0 Å². The van der Waals surface area contributed by atoms with Gasteiger partial charge in [-0.25, -0.2) is 0 Å². The normalized spacial score (nSPS) is 11.1. The van der Waals surface area contributed by atoms with Crippen molar-refractivity contribution in [1.29, 1.82) is 0 Å². The third-order valence-corrected chi connectivity index (χ3v) is 0.619. The molecule has 1 N–H and O–H groups in total. The molecule has 0 spiro atoms. The average Bonchev–Trinajstić information content (AvgIpc) is 1.63. The fourth-order valence-electron chi connectivity index (χ4n) is 0.363. The monoisotopic (exact) mass is 130 g/mol. The van der Waals surface area contributed by atoms with Crippen LogP contribution in [0.3, 0.4) is 0 Å². The van der Waals surface area contributed by atoms with E-state index in [0.717, 1.165) is 6.08 Å². The Morgan fingerprint density at radius 2 is 2.33 bits per heavy atom. The molecule has 0 heterocycles. The number of hydrogen-bond acceptors (Lipinski definition) is 3. The molecule has 3 nitrogen and oxygen atoms in total. The molecule has 52 valence electrons. The summed E-state index contributed by atoms with van der Waals surface area (Å²) in [7, 11) is 0. The number of ketones is 1. The Hall–Kier alpha value is -0.990. The zero-order chi connectivity index (χ0) is 7.28. The topological polar surface area (TPSA) is 46.5 Å². The van der Waals surface area contributed by atoms with E-state index in [4.69, 9.17) is 5.11 Å². The second kappa shape index (κ2) is 3.95. The van der Waals surface area contributed by atoms with Crippen LogP contribution in [0.4, 0.5) is 0 Å². The van der Waals surface area contributed by atoms with Gasteiger partial charge in [-0.05, 0) is 13.8 Å². The van der Waals surface area contributed by atoms with Gasteiger partial charge in [0.25, 0.3) is 5.95 Å². The molecule has 0 aromatic rings. The molecule has 0 radical (unpaired) electrons. The van der Waals surface area contributed by atoms with E-state index in [1.807, 2.05) is 0 Å². The first kappa shape index (κ1) is 8.01. The lowest BCUT2D eigenvalue weighted by Crippen LogP contribution is -1.93. The van der Waals surface area contributed by atoms with Crippen LogP contribution < -0.4 is 0 Å². The van der Waals surface area contributed by atoms with E-state index in [1.54, 1.807) is 6.92 Å². The predicted molar refractivity (Wildman–Crippen MR) is 33.0 cm³/mol. The number of rotatable bonds is 3. The quantitative estimate of drug-likeness (QED) is 0.458. The maximum atomic E-state index is 10.2. The van der Waals surface area contributed by atoms with E-state index in [9.17, 15) is 4.79 Å². The van der Waals surface area contributed by atoms with Crippen LogP contribution in [-0.2, 0) is 9.53 Å². The fourth-order valence-corrected chi connectivity index (χ4v) is 0.363. The Balaban J connectivity index is 3.69. The first-order valence-electron chi connectivity index (χ1n) is 2.70. The highest BCUT2D eigenvalue weighted by Gasteiger charge is 1.91. The number of hydrogen-bond donors (Lipinski definition) is 1. The van der Waals surface area contributed by atoms with Crippen molar-refractivity contribution >= 4 is 5.78 Å². The highest BCUT2D eigenvalue weighted by Crippen LogP contribution is 1.89. The summed E-state index contributed by atoms with van der Waals surface area (Å²) in [5, 5.41) is 8.64. The largest absolute Gasteiger partial charge is 0.481 e. The molecule has 9 heavy (non-hydrogen) atoms. The van der Waals surface area contributed by atoms with Crippen LogP contribution in [0.25, 0.3) is 0 Å². The Morgan fingerprint density at radius 3 is 2.67 bits per heavy atom. The number of carbonyl (C=O) groups excluding carboxylic acids is 1. The van der Waals surface area contributed by atoms with Crippen molar-refractivity contribution in [1.82, 2.24) is 0 Å². The molecule has 0 aliphatic rings. The smallest absolute Gasteiger partial charge is 0.280 e. The van der Waals surface area contributed by atoms with Crippen LogP contribution in [0.1, 0.15) is 13.8 Å². The van der Waals surface area contributed by atoms with Crippen molar-refractivity contribution in [2.24, 2.45) is 0 Å². The summed E-state index contributed by atoms with van der Waals surface area (Å²) >= 11 is 0. The lowest BCUT2D eigenvalue weighted by atomic mass is 10.4. The van der Waals surface area contributed by atoms with Gasteiger partial charge < -0.3 is 9.84 Å². The number of aliphatic hydroxyl groups is 1. The maximum Gasteiger partial charge on any atom is 0.280 e. The minimum absolute atomic E-state index is 0.221. The standard InChI is InChI=1S/C6H10O3/c1-3-9-6(8)4-5(2)7/h4,8H,3H2,1-2H3/b6-4+. The minimum atomic E-state index is -0.315. The van der Waals surface area contributed by atoms with Gasteiger partial charge >= 0.3 is 0 Å². The van der Waals surface area contributed by atoms with Crippen molar-refractivity contribution in [2.75, 3.05) is 6.61 Å². The Bertz CT molecular complexity index is 126. The maximum absolute atomic E-state index is 10.2. The summed E-state index contributed by atoms with van der Waals surface area (Å²) in [6.45, 7) is 3.44. The lowest BCUT2D eigenvalue weighted by molar-refractivity contribution is -0.113. The highest BCUT2D eigenvalue weighted by atomic mass is 16.6. The van der Waals surface area contributed by atoms with Gasteiger partial charge in [-0.1, -0.05) is 0 Å². The van der Waals surface area contributed by atoms with E-state index in [2.05, 4.69) is 4.74 Å². The third kappa shape index (κ3) is 4.87. The zero-order valence-electron chi connectivity index (χ0n) is 5.55. The van der Waals surface area contributed by atoms with Gasteiger partial charge in [-0.2, -0.15) is 0 Å². The highest BCUT2D eigenvalue weighted by molar-refractivity contribution is 5.87. The molecule has 0 aromatic carbocycles. The van der Waals surface area contributed by atoms with Gasteiger partial charge in [0.05, 0.1) is 12.7 Å². The Labute approximate surface area is 53.9 Å². The summed E-state index contributed by atoms with van der Waals surface area (Å²) in [5.74, 6) is -0.536. The average molecular weight is 130 g/mol. The molecule has 0 amide bonds. The molecule has 3 heteroatoms. The molecule has 0 aliphatic carbocycles. The van der Waals surface area contributed by atoms with Gasteiger partial charge in [-0.15, -0.1) is 0 Å². The van der Waals surface area contributed by atoms with Crippen LogP contribution in [0.2, 0.25) is 0 Å². The molecule has 0 saturated heterocycles. The summed E-state index contributed by atoms with van der Waals surface area (Å²) in [4.78, 5) is 10.2. The van der Waals surface area contributed by atoms with E-state index in [1.165, 1.54) is 6.92 Å². The molecule has 0 atom stereocenters. The lowest BCUT2D eigenvalue weighted by Gasteiger charge is -1.96. The van der Waals surface area contributed by atoms with Crippen LogP contribution in [0, 0.1) is 0 Å². The molecule has 0 fully saturated rings. The summed E-state index contributed by atoms with van der Waals surface area (Å²) in [6.07, 6.45) is 1.03. The van der Waals surface area contributed by atoms with Gasteiger partial charge in [0.2, 0.25) is 0 Å². The second-order valence-electron chi connectivity index (χ2n) is 1.53. The molecule has 0 bridgehead atoms. The van der Waals surface area contributed by atoms with E-state index in [-0.39, 0.29) is 11.7 Å². The summed E-state index contributed by atoms with van der Waals surface area (Å²) in [6, 6.07) is 0. The molecule has 0 unspecified atom stereocenters.